The van der Waals surface area contributed by atoms with Crippen LogP contribution in [0.25, 0.3) is 15.6 Å². The van der Waals surface area contributed by atoms with Crippen LogP contribution in [0.2, 0.25) is 0 Å². The monoisotopic (exact) mass is 396 g/mol. The van der Waals surface area contributed by atoms with Gasteiger partial charge in [0.05, 0.1) is 24.8 Å². The first kappa shape index (κ1) is 18.4. The number of aromatic carboxylic acids is 1. The zero-order chi connectivity index (χ0) is 19.7. The van der Waals surface area contributed by atoms with Crippen molar-refractivity contribution in [2.45, 2.75) is 6.42 Å². The molecule has 1 aliphatic heterocycles. The van der Waals surface area contributed by atoms with Crippen LogP contribution in [0, 0.1) is 12.4 Å². The van der Waals surface area contributed by atoms with Gasteiger partial charge in [0.15, 0.2) is 0 Å². The fourth-order valence-corrected chi connectivity index (χ4v) is 4.61. The van der Waals surface area contributed by atoms with Gasteiger partial charge in [-0.05, 0) is 40.5 Å². The Labute approximate surface area is 165 Å². The number of fused-ring (bicyclic) bond motifs is 1. The SMILES string of the molecule is [C-]#[N+]c1c(N2CCOCC2)sc(C(=O)O)c1Cc1cc2ccccc2cc1F. The van der Waals surface area contributed by atoms with Crippen LogP contribution >= 0.6 is 11.3 Å². The average molecular weight is 396 g/mol. The van der Waals surface area contributed by atoms with Crippen molar-refractivity contribution in [1.82, 2.24) is 0 Å². The van der Waals surface area contributed by atoms with E-state index in [1.54, 1.807) is 6.07 Å². The number of thiophene rings is 1. The van der Waals surface area contributed by atoms with Crippen molar-refractivity contribution in [3.8, 4) is 0 Å². The van der Waals surface area contributed by atoms with E-state index in [0.717, 1.165) is 22.1 Å². The van der Waals surface area contributed by atoms with Gasteiger partial charge in [-0.25, -0.2) is 14.0 Å². The van der Waals surface area contributed by atoms with Crippen LogP contribution in [0.1, 0.15) is 20.8 Å². The van der Waals surface area contributed by atoms with Crippen LogP contribution in [0.4, 0.5) is 15.1 Å². The van der Waals surface area contributed by atoms with Crippen molar-refractivity contribution in [2.24, 2.45) is 0 Å². The molecule has 2 aromatic carbocycles. The maximum Gasteiger partial charge on any atom is 0.344 e. The summed E-state index contributed by atoms with van der Waals surface area (Å²) in [7, 11) is 0. The Kier molecular flexibility index (Phi) is 4.99. The van der Waals surface area contributed by atoms with E-state index in [2.05, 4.69) is 4.85 Å². The molecule has 0 atom stereocenters. The molecule has 142 valence electrons. The number of carbonyl (C=O) groups is 1. The second-order valence-electron chi connectivity index (χ2n) is 6.55. The number of benzene rings is 2. The number of hydrogen-bond donors (Lipinski definition) is 1. The summed E-state index contributed by atoms with van der Waals surface area (Å²) in [5.74, 6) is -1.49. The van der Waals surface area contributed by atoms with Crippen molar-refractivity contribution in [1.29, 1.82) is 0 Å². The minimum absolute atomic E-state index is 0.0663. The molecule has 3 aromatic rings. The van der Waals surface area contributed by atoms with Gasteiger partial charge >= 0.3 is 5.97 Å². The quantitative estimate of drug-likeness (QED) is 0.649. The molecule has 1 aliphatic rings. The molecule has 1 saturated heterocycles. The molecule has 1 aromatic heterocycles. The molecule has 0 unspecified atom stereocenters. The molecule has 0 aliphatic carbocycles. The Bertz CT molecular complexity index is 1100. The summed E-state index contributed by atoms with van der Waals surface area (Å²) in [6.07, 6.45) is 0.0663. The third-order valence-electron chi connectivity index (χ3n) is 4.85. The molecule has 2 heterocycles. The highest BCUT2D eigenvalue weighted by Gasteiger charge is 2.27. The first-order valence-corrected chi connectivity index (χ1v) is 9.66. The fourth-order valence-electron chi connectivity index (χ4n) is 3.46. The van der Waals surface area contributed by atoms with Crippen molar-refractivity contribution >= 4 is 38.8 Å². The lowest BCUT2D eigenvalue weighted by atomic mass is 9.99. The van der Waals surface area contributed by atoms with Gasteiger partial charge in [0.25, 0.3) is 0 Å². The van der Waals surface area contributed by atoms with Gasteiger partial charge in [-0.3, -0.25) is 0 Å². The zero-order valence-electron chi connectivity index (χ0n) is 14.9. The van der Waals surface area contributed by atoms with Gasteiger partial charge in [-0.15, -0.1) is 11.3 Å². The fraction of sp³-hybridized carbons (Fsp3) is 0.238. The first-order valence-electron chi connectivity index (χ1n) is 8.84. The van der Waals surface area contributed by atoms with Crippen molar-refractivity contribution in [3.05, 3.63) is 69.6 Å². The van der Waals surface area contributed by atoms with Crippen LogP contribution in [0.15, 0.2) is 36.4 Å². The smallest absolute Gasteiger partial charge is 0.344 e. The van der Waals surface area contributed by atoms with E-state index in [0.29, 0.717) is 48.1 Å². The van der Waals surface area contributed by atoms with Crippen molar-refractivity contribution in [2.75, 3.05) is 31.2 Å². The number of ether oxygens (including phenoxy) is 1. The molecule has 1 fully saturated rings. The number of nitrogens with zero attached hydrogens (tertiary/aromatic N) is 2. The summed E-state index contributed by atoms with van der Waals surface area (Å²) in [6.45, 7) is 9.91. The number of halogens is 1. The molecule has 0 amide bonds. The summed E-state index contributed by atoms with van der Waals surface area (Å²) in [5, 5.41) is 12.0. The van der Waals surface area contributed by atoms with E-state index in [4.69, 9.17) is 11.3 Å². The normalized spacial score (nSPS) is 14.2. The lowest BCUT2D eigenvalue weighted by Gasteiger charge is -2.28. The van der Waals surface area contributed by atoms with Gasteiger partial charge < -0.3 is 14.7 Å². The maximum absolute atomic E-state index is 14.7. The topological polar surface area (TPSA) is 54.1 Å². The summed E-state index contributed by atoms with van der Waals surface area (Å²) >= 11 is 1.09. The van der Waals surface area contributed by atoms with Crippen LogP contribution < -0.4 is 4.90 Å². The Balaban J connectivity index is 1.80. The van der Waals surface area contributed by atoms with E-state index in [-0.39, 0.29) is 11.3 Å². The van der Waals surface area contributed by atoms with Crippen LogP contribution in [-0.4, -0.2) is 37.4 Å². The standard InChI is InChI=1S/C21H17FN2O3S/c1-23-18-16(11-15-10-13-4-2-3-5-14(13)12-17(15)22)19(21(25)26)28-20(18)24-6-8-27-9-7-24/h2-5,10,12H,6-9,11H2,(H,25,26). The van der Waals surface area contributed by atoms with Crippen LogP contribution in [-0.2, 0) is 11.2 Å². The zero-order valence-corrected chi connectivity index (χ0v) is 15.8. The average Bonchev–Trinajstić information content (AvgIpc) is 3.08. The third kappa shape index (κ3) is 3.33. The Morgan fingerprint density at radius 1 is 1.25 bits per heavy atom. The minimum atomic E-state index is -1.09. The van der Waals surface area contributed by atoms with Gasteiger partial charge in [-0.2, -0.15) is 0 Å². The molecular formula is C21H17FN2O3S. The molecule has 0 saturated carbocycles. The highest BCUT2D eigenvalue weighted by Crippen LogP contribution is 2.44. The number of hydrogen-bond acceptors (Lipinski definition) is 4. The second kappa shape index (κ2) is 7.58. The van der Waals surface area contributed by atoms with Gasteiger partial charge in [0.2, 0.25) is 5.69 Å². The Morgan fingerprint density at radius 2 is 1.93 bits per heavy atom. The second-order valence-corrected chi connectivity index (χ2v) is 7.55. The number of anilines is 1. The summed E-state index contributed by atoms with van der Waals surface area (Å²) < 4.78 is 20.0. The van der Waals surface area contributed by atoms with Crippen LogP contribution in [0.5, 0.6) is 0 Å². The lowest BCUT2D eigenvalue weighted by Crippen LogP contribution is -2.35. The minimum Gasteiger partial charge on any atom is -0.477 e. The Morgan fingerprint density at radius 3 is 2.57 bits per heavy atom. The number of carboxylic acids is 1. The molecule has 7 heteroatoms. The summed E-state index contributed by atoms with van der Waals surface area (Å²) in [4.78, 5) is 17.6. The number of rotatable bonds is 4. The molecule has 5 nitrogen and oxygen atoms in total. The molecule has 0 spiro atoms. The van der Waals surface area contributed by atoms with Gasteiger partial charge in [0, 0.05) is 13.1 Å². The first-order chi connectivity index (χ1) is 13.6. The summed E-state index contributed by atoms with van der Waals surface area (Å²) in [5.41, 5.74) is 1.07. The highest BCUT2D eigenvalue weighted by molar-refractivity contribution is 7.18. The van der Waals surface area contributed by atoms with E-state index in [9.17, 15) is 14.3 Å². The van der Waals surface area contributed by atoms with E-state index in [1.165, 1.54) is 6.07 Å². The largest absolute Gasteiger partial charge is 0.477 e. The van der Waals surface area contributed by atoms with Crippen molar-refractivity contribution < 1.29 is 19.0 Å². The lowest BCUT2D eigenvalue weighted by molar-refractivity contribution is 0.0701. The van der Waals surface area contributed by atoms with Gasteiger partial charge in [0.1, 0.15) is 10.7 Å². The number of carboxylic acid groups (broad SMARTS) is 1. The molecule has 0 radical (unpaired) electrons. The third-order valence-corrected chi connectivity index (χ3v) is 6.12. The maximum atomic E-state index is 14.7. The summed E-state index contributed by atoms with van der Waals surface area (Å²) in [6, 6.07) is 10.6. The Hall–Kier alpha value is -2.95. The van der Waals surface area contributed by atoms with E-state index in [1.807, 2.05) is 29.2 Å². The van der Waals surface area contributed by atoms with E-state index < -0.39 is 11.8 Å². The molecule has 28 heavy (non-hydrogen) atoms. The molecular weight excluding hydrogens is 379 g/mol. The molecule has 1 N–H and O–H groups in total. The molecule has 4 rings (SSSR count). The predicted octanol–water partition coefficient (Wildman–Crippen LogP) is 4.72. The molecule has 0 bridgehead atoms. The highest BCUT2D eigenvalue weighted by atomic mass is 32.1. The van der Waals surface area contributed by atoms with Gasteiger partial charge in [-0.1, -0.05) is 24.3 Å². The van der Waals surface area contributed by atoms with Crippen molar-refractivity contribution in [3.63, 3.8) is 0 Å². The van der Waals surface area contributed by atoms with Crippen LogP contribution in [0.3, 0.4) is 0 Å². The number of morpholine rings is 1. The predicted molar refractivity (Wildman–Crippen MR) is 107 cm³/mol. The van der Waals surface area contributed by atoms with E-state index >= 15 is 0 Å².